The second-order valence-electron chi connectivity index (χ2n) is 7.97. The van der Waals surface area contributed by atoms with E-state index in [1.165, 1.54) is 18.2 Å². The van der Waals surface area contributed by atoms with E-state index in [4.69, 9.17) is 18.6 Å². The summed E-state index contributed by atoms with van der Waals surface area (Å²) in [6.45, 7) is 3.70. The van der Waals surface area contributed by atoms with Crippen molar-refractivity contribution < 1.29 is 27.8 Å². The highest BCUT2D eigenvalue weighted by Gasteiger charge is 2.21. The van der Waals surface area contributed by atoms with Gasteiger partial charge in [-0.15, -0.1) is 0 Å². The van der Waals surface area contributed by atoms with Crippen LogP contribution in [-0.4, -0.2) is 27.2 Å². The lowest BCUT2D eigenvalue weighted by Crippen LogP contribution is -2.10. The molecule has 4 rings (SSSR count). The smallest absolute Gasteiger partial charge is 0.248 e. The number of hydrogen-bond donors (Lipinski definition) is 1. The largest absolute Gasteiger partial charge is 0.497 e. The predicted octanol–water partition coefficient (Wildman–Crippen LogP) is 6.62. The van der Waals surface area contributed by atoms with Crippen LogP contribution in [0.5, 0.6) is 17.2 Å². The molecule has 6 nitrogen and oxygen atoms in total. The number of hydrogen-bond acceptors (Lipinski definition) is 5. The second-order valence-corrected chi connectivity index (χ2v) is 7.97. The van der Waals surface area contributed by atoms with Crippen LogP contribution in [-0.2, 0) is 4.79 Å². The average Bonchev–Trinajstić information content (AvgIpc) is 3.29. The molecular formula is C28H26FNO5. The minimum Gasteiger partial charge on any atom is -0.497 e. The molecule has 0 aliphatic carbocycles. The van der Waals surface area contributed by atoms with Crippen molar-refractivity contribution >= 4 is 28.1 Å². The second kappa shape index (κ2) is 9.93. The number of para-hydroxylation sites is 1. The number of fused-ring (bicyclic) bond motifs is 1. The Morgan fingerprint density at radius 1 is 1.00 bits per heavy atom. The van der Waals surface area contributed by atoms with Crippen LogP contribution < -0.4 is 19.5 Å². The molecule has 180 valence electrons. The van der Waals surface area contributed by atoms with E-state index >= 15 is 0 Å². The molecule has 4 aromatic rings. The third kappa shape index (κ3) is 4.57. The number of furan rings is 1. The van der Waals surface area contributed by atoms with Gasteiger partial charge < -0.3 is 23.9 Å². The van der Waals surface area contributed by atoms with E-state index in [1.54, 1.807) is 46.6 Å². The van der Waals surface area contributed by atoms with Crippen LogP contribution in [0.15, 0.2) is 65.3 Å². The summed E-state index contributed by atoms with van der Waals surface area (Å²) >= 11 is 0. The van der Waals surface area contributed by atoms with E-state index in [-0.39, 0.29) is 5.69 Å². The summed E-state index contributed by atoms with van der Waals surface area (Å²) in [6, 6.07) is 13.5. The Bertz CT molecular complexity index is 1440. The van der Waals surface area contributed by atoms with Crippen LogP contribution in [0, 0.1) is 12.7 Å². The zero-order valence-electron chi connectivity index (χ0n) is 20.2. The number of rotatable bonds is 7. The fourth-order valence-electron chi connectivity index (χ4n) is 4.11. The Morgan fingerprint density at radius 2 is 1.77 bits per heavy atom. The summed E-state index contributed by atoms with van der Waals surface area (Å²) in [6.07, 6.45) is 3.09. The first kappa shape index (κ1) is 23.9. The molecule has 0 unspecified atom stereocenters. The SMILES string of the molecule is COc1ccc(OC)c(-c2coc3c(C)c(OC)c(/C(C)=C/C(=O)Nc4ccccc4F)cc23)c1. The normalized spacial score (nSPS) is 11.4. The van der Waals surface area contributed by atoms with Crippen molar-refractivity contribution in [3.8, 4) is 28.4 Å². The molecule has 3 aromatic carbocycles. The van der Waals surface area contributed by atoms with E-state index in [1.807, 2.05) is 31.2 Å². The molecule has 1 N–H and O–H groups in total. The van der Waals surface area contributed by atoms with Gasteiger partial charge in [-0.3, -0.25) is 4.79 Å². The van der Waals surface area contributed by atoms with Crippen molar-refractivity contribution in [1.29, 1.82) is 0 Å². The lowest BCUT2D eigenvalue weighted by Gasteiger charge is -2.14. The number of benzene rings is 3. The van der Waals surface area contributed by atoms with Crippen LogP contribution in [0.3, 0.4) is 0 Å². The quantitative estimate of drug-likeness (QED) is 0.304. The van der Waals surface area contributed by atoms with Gasteiger partial charge in [0, 0.05) is 33.7 Å². The van der Waals surface area contributed by atoms with E-state index in [0.717, 1.165) is 22.1 Å². The summed E-state index contributed by atoms with van der Waals surface area (Å²) in [4.78, 5) is 12.6. The molecule has 0 fully saturated rings. The predicted molar refractivity (Wildman–Crippen MR) is 135 cm³/mol. The number of carbonyl (C=O) groups excluding carboxylic acids is 1. The van der Waals surface area contributed by atoms with E-state index < -0.39 is 11.7 Å². The topological polar surface area (TPSA) is 69.9 Å². The summed E-state index contributed by atoms with van der Waals surface area (Å²) in [7, 11) is 4.78. The van der Waals surface area contributed by atoms with Gasteiger partial charge in [0.05, 0.1) is 33.3 Å². The zero-order valence-corrected chi connectivity index (χ0v) is 20.2. The molecule has 0 aliphatic rings. The van der Waals surface area contributed by atoms with E-state index in [0.29, 0.717) is 34.0 Å². The van der Waals surface area contributed by atoms with Crippen molar-refractivity contribution in [3.63, 3.8) is 0 Å². The van der Waals surface area contributed by atoms with Gasteiger partial charge in [-0.1, -0.05) is 12.1 Å². The summed E-state index contributed by atoms with van der Waals surface area (Å²) in [5, 5.41) is 3.41. The molecular weight excluding hydrogens is 449 g/mol. The molecule has 1 aromatic heterocycles. The summed E-state index contributed by atoms with van der Waals surface area (Å²) < 4.78 is 36.6. The molecule has 0 spiro atoms. The molecule has 0 saturated heterocycles. The molecule has 0 bridgehead atoms. The molecule has 7 heteroatoms. The highest BCUT2D eigenvalue weighted by molar-refractivity contribution is 6.06. The third-order valence-electron chi connectivity index (χ3n) is 5.85. The van der Waals surface area contributed by atoms with Gasteiger partial charge in [0.2, 0.25) is 5.91 Å². The van der Waals surface area contributed by atoms with Gasteiger partial charge in [0.15, 0.2) is 0 Å². The van der Waals surface area contributed by atoms with Crippen LogP contribution in [0.25, 0.3) is 27.7 Å². The van der Waals surface area contributed by atoms with Gasteiger partial charge in [0.1, 0.15) is 28.6 Å². The minimum atomic E-state index is -0.503. The Labute approximate surface area is 202 Å². The Balaban J connectivity index is 1.82. The van der Waals surface area contributed by atoms with Crippen molar-refractivity contribution in [2.75, 3.05) is 26.6 Å². The molecule has 0 aliphatic heterocycles. The van der Waals surface area contributed by atoms with Crippen LogP contribution >= 0.6 is 0 Å². The zero-order chi connectivity index (χ0) is 25.1. The number of carbonyl (C=O) groups is 1. The molecule has 35 heavy (non-hydrogen) atoms. The Morgan fingerprint density at radius 3 is 2.46 bits per heavy atom. The number of amides is 1. The fourth-order valence-corrected chi connectivity index (χ4v) is 4.11. The summed E-state index contributed by atoms with van der Waals surface area (Å²) in [5.74, 6) is 0.983. The number of methoxy groups -OCH3 is 3. The number of ether oxygens (including phenoxy) is 3. The van der Waals surface area contributed by atoms with Crippen molar-refractivity contribution in [1.82, 2.24) is 0 Å². The number of halogens is 1. The van der Waals surface area contributed by atoms with Gasteiger partial charge in [-0.25, -0.2) is 4.39 Å². The molecule has 0 atom stereocenters. The third-order valence-corrected chi connectivity index (χ3v) is 5.85. The fraction of sp³-hybridized carbons (Fsp3) is 0.179. The minimum absolute atomic E-state index is 0.113. The van der Waals surface area contributed by atoms with Crippen molar-refractivity contribution in [2.24, 2.45) is 0 Å². The number of aryl methyl sites for hydroxylation is 1. The first-order valence-electron chi connectivity index (χ1n) is 10.9. The van der Waals surface area contributed by atoms with E-state index in [9.17, 15) is 9.18 Å². The number of anilines is 1. The van der Waals surface area contributed by atoms with Crippen LogP contribution in [0.1, 0.15) is 18.1 Å². The first-order valence-corrected chi connectivity index (χ1v) is 10.9. The number of nitrogens with one attached hydrogen (secondary N) is 1. The van der Waals surface area contributed by atoms with E-state index in [2.05, 4.69) is 5.32 Å². The summed E-state index contributed by atoms with van der Waals surface area (Å²) in [5.41, 5.74) is 4.54. The standard InChI is InChI=1S/C28H26FNO5/c1-16(12-26(31)30-24-9-7-6-8-23(24)29)19-14-21-22(15-35-28(21)17(2)27(19)34-5)20-13-18(32-3)10-11-25(20)33-4/h6-15H,1-5H3,(H,30,31)/b16-12+. The molecule has 1 amide bonds. The Hall–Kier alpha value is -4.26. The maximum atomic E-state index is 14.0. The highest BCUT2D eigenvalue weighted by Crippen LogP contribution is 2.43. The molecule has 1 heterocycles. The monoisotopic (exact) mass is 475 g/mol. The van der Waals surface area contributed by atoms with Gasteiger partial charge in [-0.2, -0.15) is 0 Å². The van der Waals surface area contributed by atoms with Crippen LogP contribution in [0.2, 0.25) is 0 Å². The Kier molecular flexibility index (Phi) is 6.78. The van der Waals surface area contributed by atoms with Gasteiger partial charge in [0.25, 0.3) is 0 Å². The highest BCUT2D eigenvalue weighted by atomic mass is 19.1. The van der Waals surface area contributed by atoms with Gasteiger partial charge >= 0.3 is 0 Å². The first-order chi connectivity index (χ1) is 16.9. The maximum Gasteiger partial charge on any atom is 0.248 e. The lowest BCUT2D eigenvalue weighted by atomic mass is 9.96. The maximum absolute atomic E-state index is 14.0. The average molecular weight is 476 g/mol. The lowest BCUT2D eigenvalue weighted by molar-refractivity contribution is -0.111. The van der Waals surface area contributed by atoms with Crippen LogP contribution in [0.4, 0.5) is 10.1 Å². The molecule has 0 radical (unpaired) electrons. The number of allylic oxidation sites excluding steroid dienone is 1. The van der Waals surface area contributed by atoms with Gasteiger partial charge in [-0.05, 0) is 55.8 Å². The van der Waals surface area contributed by atoms with Crippen molar-refractivity contribution in [2.45, 2.75) is 13.8 Å². The van der Waals surface area contributed by atoms with Crippen molar-refractivity contribution in [3.05, 3.63) is 77.8 Å². The molecule has 0 saturated carbocycles.